The fourth-order valence-corrected chi connectivity index (χ4v) is 3.93. The third-order valence-electron chi connectivity index (χ3n) is 4.94. The van der Waals surface area contributed by atoms with Gasteiger partial charge in [0, 0.05) is 17.7 Å². The van der Waals surface area contributed by atoms with E-state index in [4.69, 9.17) is 9.84 Å². The molecule has 3 rings (SSSR count). The SMILES string of the molecule is CCc1ccc(-c2nsc(CF)c2COc2c(F)cc(CC(C)CO)cc2F)cc1. The smallest absolute Gasteiger partial charge is 0.191 e. The average molecular weight is 436 g/mol. The predicted molar refractivity (Wildman–Crippen MR) is 112 cm³/mol. The van der Waals surface area contributed by atoms with Crippen LogP contribution in [0.1, 0.15) is 35.4 Å². The van der Waals surface area contributed by atoms with E-state index in [1.54, 1.807) is 6.92 Å². The van der Waals surface area contributed by atoms with Gasteiger partial charge in [0.25, 0.3) is 0 Å². The van der Waals surface area contributed by atoms with Crippen LogP contribution in [-0.4, -0.2) is 16.1 Å². The summed E-state index contributed by atoms with van der Waals surface area (Å²) in [6.45, 7) is 2.85. The van der Waals surface area contributed by atoms with Gasteiger partial charge in [-0.2, -0.15) is 4.37 Å². The van der Waals surface area contributed by atoms with E-state index in [0.29, 0.717) is 28.1 Å². The van der Waals surface area contributed by atoms with E-state index in [-0.39, 0.29) is 19.1 Å². The molecule has 0 saturated heterocycles. The molecule has 1 N–H and O–H groups in total. The van der Waals surface area contributed by atoms with Crippen molar-refractivity contribution in [2.45, 2.75) is 40.0 Å². The summed E-state index contributed by atoms with van der Waals surface area (Å²) in [5.74, 6) is -2.26. The largest absolute Gasteiger partial charge is 0.483 e. The molecule has 1 unspecified atom stereocenters. The number of halogens is 3. The van der Waals surface area contributed by atoms with Crippen molar-refractivity contribution in [3.8, 4) is 17.0 Å². The van der Waals surface area contributed by atoms with Crippen LogP contribution in [0.2, 0.25) is 0 Å². The Bertz CT molecular complexity index is 966. The van der Waals surface area contributed by atoms with Crippen LogP contribution in [-0.2, 0) is 26.1 Å². The molecule has 0 bridgehead atoms. The average Bonchev–Trinajstić information content (AvgIpc) is 3.16. The van der Waals surface area contributed by atoms with Gasteiger partial charge in [-0.1, -0.05) is 38.1 Å². The molecule has 0 aliphatic carbocycles. The zero-order valence-corrected chi connectivity index (χ0v) is 17.7. The van der Waals surface area contributed by atoms with Crippen molar-refractivity contribution in [3.63, 3.8) is 0 Å². The van der Waals surface area contributed by atoms with Crippen LogP contribution in [0.15, 0.2) is 36.4 Å². The van der Waals surface area contributed by atoms with Gasteiger partial charge >= 0.3 is 0 Å². The lowest BCUT2D eigenvalue weighted by molar-refractivity contribution is 0.236. The Labute approximate surface area is 178 Å². The summed E-state index contributed by atoms with van der Waals surface area (Å²) in [6.07, 6.45) is 1.25. The molecule has 0 spiro atoms. The molecule has 0 fully saturated rings. The van der Waals surface area contributed by atoms with E-state index < -0.39 is 24.1 Å². The summed E-state index contributed by atoms with van der Waals surface area (Å²) in [6, 6.07) is 10.2. The first-order valence-corrected chi connectivity index (χ1v) is 10.6. The van der Waals surface area contributed by atoms with E-state index in [2.05, 4.69) is 11.3 Å². The van der Waals surface area contributed by atoms with Gasteiger partial charge in [0.05, 0.1) is 10.6 Å². The van der Waals surface area contributed by atoms with Crippen molar-refractivity contribution in [3.05, 3.63) is 69.6 Å². The van der Waals surface area contributed by atoms with Crippen molar-refractivity contribution in [1.29, 1.82) is 0 Å². The lowest BCUT2D eigenvalue weighted by atomic mass is 10.0. The fourth-order valence-electron chi connectivity index (χ4n) is 3.20. The maximum Gasteiger partial charge on any atom is 0.191 e. The van der Waals surface area contributed by atoms with E-state index in [1.807, 2.05) is 24.3 Å². The molecule has 1 aromatic heterocycles. The summed E-state index contributed by atoms with van der Waals surface area (Å²) in [4.78, 5) is 0.374. The molecule has 2 aromatic carbocycles. The Morgan fingerprint density at radius 3 is 2.33 bits per heavy atom. The van der Waals surface area contributed by atoms with Gasteiger partial charge < -0.3 is 9.84 Å². The van der Waals surface area contributed by atoms with Gasteiger partial charge in [-0.25, -0.2) is 13.2 Å². The molecule has 3 aromatic rings. The van der Waals surface area contributed by atoms with Crippen LogP contribution in [0.3, 0.4) is 0 Å². The number of aliphatic hydroxyl groups is 1. The Balaban J connectivity index is 1.84. The summed E-state index contributed by atoms with van der Waals surface area (Å²) >= 11 is 1.02. The molecule has 0 amide bonds. The molecular weight excluding hydrogens is 411 g/mol. The second kappa shape index (κ2) is 10.1. The molecule has 0 radical (unpaired) electrons. The van der Waals surface area contributed by atoms with Crippen molar-refractivity contribution >= 4 is 11.5 Å². The van der Waals surface area contributed by atoms with E-state index >= 15 is 0 Å². The minimum Gasteiger partial charge on any atom is -0.483 e. The summed E-state index contributed by atoms with van der Waals surface area (Å²) in [5, 5.41) is 9.13. The number of alkyl halides is 1. The van der Waals surface area contributed by atoms with Gasteiger partial charge in [-0.15, -0.1) is 0 Å². The number of hydrogen-bond donors (Lipinski definition) is 1. The predicted octanol–water partition coefficient (Wildman–Crippen LogP) is 5.87. The standard InChI is InChI=1S/C23H24F3NO2S/c1-3-15-4-6-17(7-5-15)22-18(21(11-24)30-27-22)13-29-23-19(25)9-16(10-20(23)26)8-14(2)12-28/h4-7,9-10,14,28H,3,8,11-13H2,1-2H3. The van der Waals surface area contributed by atoms with E-state index in [0.717, 1.165) is 29.1 Å². The normalized spacial score (nSPS) is 12.2. The van der Waals surface area contributed by atoms with Crippen LogP contribution in [0, 0.1) is 17.6 Å². The molecule has 7 heteroatoms. The number of aliphatic hydroxyl groups excluding tert-OH is 1. The van der Waals surface area contributed by atoms with Crippen molar-refractivity contribution in [2.75, 3.05) is 6.61 Å². The number of nitrogens with zero attached hydrogens (tertiary/aromatic N) is 1. The van der Waals surface area contributed by atoms with E-state index in [9.17, 15) is 13.2 Å². The van der Waals surface area contributed by atoms with Crippen molar-refractivity contribution in [1.82, 2.24) is 4.37 Å². The number of benzene rings is 2. The lowest BCUT2D eigenvalue weighted by Crippen LogP contribution is -2.07. The lowest BCUT2D eigenvalue weighted by Gasteiger charge is -2.13. The van der Waals surface area contributed by atoms with Crippen LogP contribution >= 0.6 is 11.5 Å². The van der Waals surface area contributed by atoms with Crippen LogP contribution < -0.4 is 4.74 Å². The third kappa shape index (κ3) is 5.02. The van der Waals surface area contributed by atoms with Gasteiger partial charge in [0.15, 0.2) is 17.4 Å². The van der Waals surface area contributed by atoms with Gasteiger partial charge in [0.2, 0.25) is 0 Å². The highest BCUT2D eigenvalue weighted by molar-refractivity contribution is 7.06. The van der Waals surface area contributed by atoms with Gasteiger partial charge in [0.1, 0.15) is 13.3 Å². The Morgan fingerprint density at radius 1 is 1.10 bits per heavy atom. The molecule has 0 aliphatic heterocycles. The highest BCUT2D eigenvalue weighted by Gasteiger charge is 2.19. The molecule has 0 saturated carbocycles. The minimum atomic E-state index is -0.825. The molecule has 1 heterocycles. The zero-order valence-electron chi connectivity index (χ0n) is 16.9. The van der Waals surface area contributed by atoms with Crippen molar-refractivity contribution in [2.24, 2.45) is 5.92 Å². The molecule has 30 heavy (non-hydrogen) atoms. The topological polar surface area (TPSA) is 42.4 Å². The number of aryl methyl sites for hydroxylation is 1. The zero-order chi connectivity index (χ0) is 21.7. The summed E-state index contributed by atoms with van der Waals surface area (Å²) in [5.41, 5.74) is 3.46. The third-order valence-corrected chi connectivity index (χ3v) is 5.79. The quantitative estimate of drug-likeness (QED) is 0.457. The summed E-state index contributed by atoms with van der Waals surface area (Å²) < 4.78 is 52.2. The molecule has 3 nitrogen and oxygen atoms in total. The van der Waals surface area contributed by atoms with Gasteiger partial charge in [-0.05, 0) is 53.6 Å². The maximum atomic E-state index is 14.5. The first-order valence-electron chi connectivity index (χ1n) is 9.81. The Morgan fingerprint density at radius 2 is 1.77 bits per heavy atom. The molecule has 0 aliphatic rings. The van der Waals surface area contributed by atoms with Crippen LogP contribution in [0.25, 0.3) is 11.3 Å². The minimum absolute atomic E-state index is 0.0688. The Kier molecular flexibility index (Phi) is 7.50. The highest BCUT2D eigenvalue weighted by Crippen LogP contribution is 2.32. The first kappa shape index (κ1) is 22.3. The molecule has 160 valence electrons. The maximum absolute atomic E-state index is 14.5. The summed E-state index contributed by atoms with van der Waals surface area (Å²) in [7, 11) is 0. The number of rotatable bonds is 9. The second-order valence-corrected chi connectivity index (χ2v) is 8.14. The first-order chi connectivity index (χ1) is 14.5. The monoisotopic (exact) mass is 435 g/mol. The van der Waals surface area contributed by atoms with Crippen molar-refractivity contribution < 1.29 is 23.0 Å². The number of hydrogen-bond acceptors (Lipinski definition) is 4. The molecule has 1 atom stereocenters. The van der Waals surface area contributed by atoms with Crippen LogP contribution in [0.4, 0.5) is 13.2 Å². The van der Waals surface area contributed by atoms with Gasteiger partial charge in [-0.3, -0.25) is 0 Å². The molecular formula is C23H24F3NO2S. The fraction of sp³-hybridized carbons (Fsp3) is 0.348. The Hall–Kier alpha value is -2.38. The number of aromatic nitrogens is 1. The van der Waals surface area contributed by atoms with E-state index in [1.165, 1.54) is 12.1 Å². The van der Waals surface area contributed by atoms with Crippen LogP contribution in [0.5, 0.6) is 5.75 Å². The number of ether oxygens (including phenoxy) is 1. The second-order valence-electron chi connectivity index (χ2n) is 7.29. The highest BCUT2D eigenvalue weighted by atomic mass is 32.1.